The molecule has 0 aliphatic rings. The zero-order valence-electron chi connectivity index (χ0n) is 30.1. The summed E-state index contributed by atoms with van der Waals surface area (Å²) in [6.07, 6.45) is 2.45. The van der Waals surface area contributed by atoms with Gasteiger partial charge in [0.2, 0.25) is 0 Å². The van der Waals surface area contributed by atoms with Crippen molar-refractivity contribution in [2.45, 2.75) is 9.79 Å². The Bertz CT molecular complexity index is 2530. The van der Waals surface area contributed by atoms with Crippen molar-refractivity contribution < 1.29 is 44.9 Å². The molecule has 0 bridgehead atoms. The standard InChI is InChI=1S/C34H28N8O10S2.2Na/c1-49-31-37-29(39-33(41-31)51-25-9-5-3-6-10-25)35-23-17-15-21(27(19-23)53(43,44)45)13-14-22-16-18-24(20-28(22)54(46,47)48)36-30-38-32(50-2)42-34(40-30)52-26-11-7-4-8-12-26;;/h3-20H,1-2H3,(H,43,44,45)(H,46,47,48)(H,35,37,39,41)(H,36,38,40,42);;. The van der Waals surface area contributed by atoms with E-state index in [1.54, 1.807) is 48.5 Å². The average molecular weight is 819 g/mol. The number of ether oxygens (including phenoxy) is 4. The van der Waals surface area contributed by atoms with Gasteiger partial charge in [-0.05, 0) is 59.7 Å². The van der Waals surface area contributed by atoms with E-state index < -0.39 is 30.0 Å². The molecule has 0 saturated heterocycles. The summed E-state index contributed by atoms with van der Waals surface area (Å²) in [4.78, 5) is 29.4. The SMILES string of the molecule is COc1nc(=Nc2ccc(C=Cc3ccc(N=c4nc(OC)[nH]c(Oc5ccccc5)n4)cc3S(=O)(=O)O)c(S(=O)(=O)O)c2)nc(Oc2ccccc2)[nH]1.[Na].[Na]. The Labute approximate surface area is 363 Å². The molecule has 0 atom stereocenters. The van der Waals surface area contributed by atoms with Gasteiger partial charge in [-0.3, -0.25) is 19.1 Å². The molecule has 0 unspecified atom stereocenters. The van der Waals surface area contributed by atoms with E-state index in [2.05, 4.69) is 39.9 Å². The van der Waals surface area contributed by atoms with E-state index in [1.807, 2.05) is 12.1 Å². The molecule has 0 aliphatic carbocycles. The van der Waals surface area contributed by atoms with Crippen LogP contribution in [0.15, 0.2) is 117 Å². The molecular formula is C34H28N8Na2O10S2. The Morgan fingerprint density at radius 2 is 0.911 bits per heavy atom. The Morgan fingerprint density at radius 3 is 1.25 bits per heavy atom. The van der Waals surface area contributed by atoms with E-state index in [9.17, 15) is 25.9 Å². The molecule has 0 fully saturated rings. The quantitative estimate of drug-likeness (QED) is 0.0777. The molecule has 2 heterocycles. The van der Waals surface area contributed by atoms with Crippen LogP contribution >= 0.6 is 0 Å². The summed E-state index contributed by atoms with van der Waals surface area (Å²) in [5.74, 6) is 0.915. The number of hydrogen-bond donors (Lipinski definition) is 4. The first-order chi connectivity index (χ1) is 25.9. The molecule has 278 valence electrons. The average Bonchev–Trinajstić information content (AvgIpc) is 3.14. The molecule has 18 nitrogen and oxygen atoms in total. The summed E-state index contributed by atoms with van der Waals surface area (Å²) >= 11 is 0. The van der Waals surface area contributed by atoms with Gasteiger partial charge >= 0.3 is 24.0 Å². The van der Waals surface area contributed by atoms with Crippen LogP contribution in [-0.2, 0) is 20.2 Å². The van der Waals surface area contributed by atoms with Crippen molar-refractivity contribution in [2.24, 2.45) is 9.98 Å². The molecule has 2 radical (unpaired) electrons. The molecule has 2 aromatic heterocycles. The minimum atomic E-state index is -4.85. The summed E-state index contributed by atoms with van der Waals surface area (Å²) < 4.78 is 91.8. The minimum absolute atomic E-state index is 0. The first kappa shape index (κ1) is 44.0. The number of nitrogens with zero attached hydrogens (tertiary/aromatic N) is 6. The van der Waals surface area contributed by atoms with Gasteiger partial charge in [0, 0.05) is 59.1 Å². The number of methoxy groups -OCH3 is 2. The van der Waals surface area contributed by atoms with Gasteiger partial charge in [-0.1, -0.05) is 60.7 Å². The van der Waals surface area contributed by atoms with Crippen LogP contribution in [0.4, 0.5) is 11.4 Å². The summed E-state index contributed by atoms with van der Waals surface area (Å²) in [6, 6.07) is 25.0. The van der Waals surface area contributed by atoms with Crippen molar-refractivity contribution in [3.63, 3.8) is 0 Å². The third kappa shape index (κ3) is 11.9. The molecule has 4 aromatic carbocycles. The zero-order chi connectivity index (χ0) is 38.3. The Morgan fingerprint density at radius 1 is 0.554 bits per heavy atom. The van der Waals surface area contributed by atoms with Crippen LogP contribution in [0.1, 0.15) is 11.1 Å². The normalized spacial score (nSPS) is 12.1. The number of rotatable bonds is 12. The van der Waals surface area contributed by atoms with Gasteiger partial charge in [0.05, 0.1) is 25.6 Å². The van der Waals surface area contributed by atoms with E-state index in [0.717, 1.165) is 12.1 Å². The number of hydrogen-bond acceptors (Lipinski definition) is 14. The summed E-state index contributed by atoms with van der Waals surface area (Å²) in [6.45, 7) is 0. The van der Waals surface area contributed by atoms with E-state index in [1.165, 1.54) is 50.6 Å². The van der Waals surface area contributed by atoms with Gasteiger partial charge in [-0.15, -0.1) is 0 Å². The van der Waals surface area contributed by atoms with Crippen molar-refractivity contribution in [3.05, 3.63) is 119 Å². The molecule has 0 amide bonds. The Hall–Kier alpha value is -4.74. The number of nitrogens with one attached hydrogen (secondary N) is 2. The van der Waals surface area contributed by atoms with Crippen molar-refractivity contribution >= 4 is 103 Å². The molecule has 4 N–H and O–H groups in total. The molecule has 56 heavy (non-hydrogen) atoms. The van der Waals surface area contributed by atoms with Crippen molar-refractivity contribution in [3.8, 4) is 35.5 Å². The third-order valence-corrected chi connectivity index (χ3v) is 8.81. The molecule has 0 saturated carbocycles. The molecule has 0 aliphatic heterocycles. The van der Waals surface area contributed by atoms with Gasteiger partial charge in [0.15, 0.2) is 0 Å². The van der Waals surface area contributed by atoms with Crippen LogP contribution in [-0.4, -0.2) is 129 Å². The van der Waals surface area contributed by atoms with E-state index in [-0.39, 0.29) is 117 Å². The molecule has 22 heteroatoms. The molecule has 0 spiro atoms. The van der Waals surface area contributed by atoms with E-state index in [4.69, 9.17) is 18.9 Å². The fourth-order valence-corrected chi connectivity index (χ4v) is 6.02. The second-order valence-electron chi connectivity index (χ2n) is 10.7. The summed E-state index contributed by atoms with van der Waals surface area (Å²) in [5.41, 5.74) is -0.377. The van der Waals surface area contributed by atoms with Crippen LogP contribution in [0.25, 0.3) is 12.2 Å². The maximum atomic E-state index is 12.5. The summed E-state index contributed by atoms with van der Waals surface area (Å²) in [5, 5.41) is 0. The maximum absolute atomic E-state index is 12.5. The van der Waals surface area contributed by atoms with Gasteiger partial charge in [-0.25, -0.2) is 9.98 Å². The van der Waals surface area contributed by atoms with Gasteiger partial charge in [0.25, 0.3) is 31.5 Å². The Balaban J connectivity index is 0.00000348. The number of para-hydroxylation sites is 2. The van der Waals surface area contributed by atoms with Gasteiger partial charge < -0.3 is 18.9 Å². The van der Waals surface area contributed by atoms with Crippen LogP contribution in [0.3, 0.4) is 0 Å². The number of aromatic nitrogens is 6. The van der Waals surface area contributed by atoms with Gasteiger partial charge in [-0.2, -0.15) is 36.8 Å². The topological polar surface area (TPSA) is 254 Å². The predicted octanol–water partition coefficient (Wildman–Crippen LogP) is 3.89. The van der Waals surface area contributed by atoms with Crippen LogP contribution in [0.2, 0.25) is 0 Å². The molecule has 6 aromatic rings. The second-order valence-corrected chi connectivity index (χ2v) is 13.5. The summed E-state index contributed by atoms with van der Waals surface area (Å²) in [7, 11) is -6.99. The monoisotopic (exact) mass is 818 g/mol. The fraction of sp³-hybridized carbons (Fsp3) is 0.0588. The van der Waals surface area contributed by atoms with Crippen molar-refractivity contribution in [1.29, 1.82) is 0 Å². The number of benzene rings is 4. The fourth-order valence-electron chi connectivity index (χ4n) is 4.62. The van der Waals surface area contributed by atoms with E-state index >= 15 is 0 Å². The van der Waals surface area contributed by atoms with Crippen LogP contribution < -0.4 is 30.2 Å². The second kappa shape index (κ2) is 19.4. The van der Waals surface area contributed by atoms with Crippen molar-refractivity contribution in [1.82, 2.24) is 29.9 Å². The zero-order valence-corrected chi connectivity index (χ0v) is 35.7. The molecule has 6 rings (SSSR count). The minimum Gasteiger partial charge on any atom is -0.468 e. The maximum Gasteiger partial charge on any atom is 0.306 e. The first-order valence-electron chi connectivity index (χ1n) is 15.4. The Kier molecular flexibility index (Phi) is 15.2. The van der Waals surface area contributed by atoms with Crippen LogP contribution in [0.5, 0.6) is 35.5 Å². The largest absolute Gasteiger partial charge is 0.468 e. The van der Waals surface area contributed by atoms with E-state index in [0.29, 0.717) is 11.5 Å². The smallest absolute Gasteiger partial charge is 0.306 e. The first-order valence-corrected chi connectivity index (χ1v) is 18.3. The number of H-pyrrole nitrogens is 2. The van der Waals surface area contributed by atoms with Crippen molar-refractivity contribution in [2.75, 3.05) is 14.2 Å². The predicted molar refractivity (Wildman–Crippen MR) is 202 cm³/mol. The molecular weight excluding hydrogens is 791 g/mol. The van der Waals surface area contributed by atoms with Gasteiger partial charge in [0.1, 0.15) is 21.3 Å². The number of aromatic amines is 2. The third-order valence-electron chi connectivity index (χ3n) is 6.99. The van der Waals surface area contributed by atoms with Crippen LogP contribution in [0, 0.1) is 0 Å².